The van der Waals surface area contributed by atoms with E-state index >= 15 is 0 Å². The van der Waals surface area contributed by atoms with E-state index in [1.165, 1.54) is 22.2 Å². The van der Waals surface area contributed by atoms with Gasteiger partial charge in [0.2, 0.25) is 5.91 Å². The molecule has 120 valence electrons. The van der Waals surface area contributed by atoms with Gasteiger partial charge in [0.05, 0.1) is 5.88 Å². The van der Waals surface area contributed by atoms with Crippen molar-refractivity contribution in [3.8, 4) is 0 Å². The predicted octanol–water partition coefficient (Wildman–Crippen LogP) is 2.54. The maximum atomic E-state index is 12.5. The summed E-state index contributed by atoms with van der Waals surface area (Å²) < 4.78 is 0. The quantitative estimate of drug-likeness (QED) is 0.750. The van der Waals surface area contributed by atoms with E-state index in [-0.39, 0.29) is 11.8 Å². The highest BCUT2D eigenvalue weighted by atomic mass is 32.2. The summed E-state index contributed by atoms with van der Waals surface area (Å²) in [5.41, 5.74) is 1.26. The Bertz CT molecular complexity index is 509. The number of thioether (sulfide) groups is 1. The topological polar surface area (TPSA) is 57.6 Å². The molecule has 6 heteroatoms. The van der Waals surface area contributed by atoms with E-state index in [9.17, 15) is 14.7 Å². The van der Waals surface area contributed by atoms with E-state index in [0.29, 0.717) is 17.4 Å². The van der Waals surface area contributed by atoms with E-state index in [1.54, 1.807) is 0 Å². The summed E-state index contributed by atoms with van der Waals surface area (Å²) in [6.45, 7) is 0. The maximum absolute atomic E-state index is 12.5. The zero-order valence-electron chi connectivity index (χ0n) is 12.4. The molecular formula is C16H21NO3S2. The number of aliphatic carboxylic acids is 1. The summed E-state index contributed by atoms with van der Waals surface area (Å²) in [6.07, 6.45) is 2.57. The Labute approximate surface area is 140 Å². The number of aryl methyl sites for hydroxylation is 1. The van der Waals surface area contributed by atoms with E-state index in [1.807, 2.05) is 18.2 Å². The molecule has 1 saturated heterocycles. The molecule has 1 aliphatic rings. The summed E-state index contributed by atoms with van der Waals surface area (Å²) in [6, 6.07) is 9.48. The molecule has 0 aliphatic carbocycles. The van der Waals surface area contributed by atoms with Crippen molar-refractivity contribution in [1.82, 2.24) is 4.90 Å². The van der Waals surface area contributed by atoms with E-state index in [2.05, 4.69) is 24.8 Å². The molecule has 1 aliphatic heterocycles. The zero-order chi connectivity index (χ0) is 15.9. The number of carbonyl (C=O) groups excluding carboxylic acids is 1. The number of hydrogen-bond acceptors (Lipinski definition) is 4. The number of nitrogens with zero attached hydrogens (tertiary/aromatic N) is 1. The summed E-state index contributed by atoms with van der Waals surface area (Å²) in [5, 5.41) is 9.19. The zero-order valence-corrected chi connectivity index (χ0v) is 14.1. The molecule has 1 N–H and O–H groups in total. The van der Waals surface area contributed by atoms with Crippen LogP contribution in [0.15, 0.2) is 30.3 Å². The molecule has 0 radical (unpaired) electrons. The van der Waals surface area contributed by atoms with E-state index in [4.69, 9.17) is 0 Å². The fraction of sp³-hybridized carbons (Fsp3) is 0.500. The second-order valence-corrected chi connectivity index (χ2v) is 6.78. The van der Waals surface area contributed by atoms with Crippen LogP contribution in [0.25, 0.3) is 0 Å². The molecule has 0 aromatic heterocycles. The second-order valence-electron chi connectivity index (χ2n) is 5.42. The Morgan fingerprint density at radius 2 is 2.09 bits per heavy atom. The third-order valence-corrected chi connectivity index (χ3v) is 5.33. The lowest BCUT2D eigenvalue weighted by atomic mass is 9.99. The van der Waals surface area contributed by atoms with Crippen LogP contribution < -0.4 is 0 Å². The van der Waals surface area contributed by atoms with Gasteiger partial charge in [0.1, 0.15) is 6.04 Å². The average molecular weight is 339 g/mol. The molecule has 1 aromatic carbocycles. The van der Waals surface area contributed by atoms with Crippen LogP contribution in [0.1, 0.15) is 18.4 Å². The van der Waals surface area contributed by atoms with Crippen LogP contribution in [0, 0.1) is 5.92 Å². The van der Waals surface area contributed by atoms with Crippen molar-refractivity contribution in [3.63, 3.8) is 0 Å². The van der Waals surface area contributed by atoms with Gasteiger partial charge in [-0.1, -0.05) is 30.3 Å². The van der Waals surface area contributed by atoms with Crippen LogP contribution in [0.2, 0.25) is 0 Å². The highest BCUT2D eigenvalue weighted by Crippen LogP contribution is 2.25. The molecular weight excluding hydrogens is 318 g/mol. The van der Waals surface area contributed by atoms with Crippen molar-refractivity contribution in [2.75, 3.05) is 17.4 Å². The van der Waals surface area contributed by atoms with Crippen LogP contribution in [-0.2, 0) is 16.0 Å². The highest BCUT2D eigenvalue weighted by Gasteiger charge is 2.36. The minimum Gasteiger partial charge on any atom is -0.480 e. The summed E-state index contributed by atoms with van der Waals surface area (Å²) in [4.78, 5) is 25.2. The normalized spacial score (nSPS) is 19.1. The Kier molecular flexibility index (Phi) is 6.64. The standard InChI is InChI=1S/C16H21NO3S2/c18-15(17-11-22-10-14(17)16(19)20)13(9-21)8-4-7-12-5-2-1-3-6-12/h1-3,5-6,13-14,21H,4,7-11H2,(H,19,20)/t13?,14-/m1/s1. The minimum atomic E-state index is -0.916. The maximum Gasteiger partial charge on any atom is 0.327 e. The van der Waals surface area contributed by atoms with Crippen LogP contribution in [0.5, 0.6) is 0 Å². The third kappa shape index (κ3) is 4.43. The SMILES string of the molecule is O=C(O)[C@H]1CSCN1C(=O)C(CS)CCCc1ccccc1. The number of carbonyl (C=O) groups is 2. The molecule has 1 fully saturated rings. The third-order valence-electron chi connectivity index (χ3n) is 3.88. The Morgan fingerprint density at radius 1 is 1.36 bits per heavy atom. The first-order valence-corrected chi connectivity index (χ1v) is 9.18. The molecule has 1 unspecified atom stereocenters. The Hall–Kier alpha value is -1.14. The van der Waals surface area contributed by atoms with Gasteiger partial charge in [0, 0.05) is 17.4 Å². The van der Waals surface area contributed by atoms with E-state index in [0.717, 1.165) is 19.3 Å². The largest absolute Gasteiger partial charge is 0.480 e. The van der Waals surface area contributed by atoms with Gasteiger partial charge in [0.25, 0.3) is 0 Å². The molecule has 0 spiro atoms. The lowest BCUT2D eigenvalue weighted by molar-refractivity contribution is -0.149. The van der Waals surface area contributed by atoms with E-state index < -0.39 is 12.0 Å². The van der Waals surface area contributed by atoms with Crippen LogP contribution in [0.3, 0.4) is 0 Å². The number of amides is 1. The van der Waals surface area contributed by atoms with Gasteiger partial charge in [0.15, 0.2) is 0 Å². The van der Waals surface area contributed by atoms with Crippen molar-refractivity contribution in [2.24, 2.45) is 5.92 Å². The molecule has 22 heavy (non-hydrogen) atoms. The highest BCUT2D eigenvalue weighted by molar-refractivity contribution is 7.99. The lowest BCUT2D eigenvalue weighted by Gasteiger charge is -2.25. The molecule has 2 rings (SSSR count). The fourth-order valence-corrected chi connectivity index (χ4v) is 4.08. The van der Waals surface area contributed by atoms with Gasteiger partial charge in [-0.2, -0.15) is 12.6 Å². The monoisotopic (exact) mass is 339 g/mol. The summed E-state index contributed by atoms with van der Waals surface area (Å²) in [7, 11) is 0. The van der Waals surface area contributed by atoms with Crippen molar-refractivity contribution < 1.29 is 14.7 Å². The van der Waals surface area contributed by atoms with Crippen molar-refractivity contribution in [1.29, 1.82) is 0 Å². The number of carboxylic acids is 1. The number of benzene rings is 1. The molecule has 4 nitrogen and oxygen atoms in total. The molecule has 1 amide bonds. The smallest absolute Gasteiger partial charge is 0.327 e. The first-order chi connectivity index (χ1) is 10.6. The number of thiol groups is 1. The molecule has 2 atom stereocenters. The second kappa shape index (κ2) is 8.48. The average Bonchev–Trinajstić information content (AvgIpc) is 3.02. The minimum absolute atomic E-state index is 0.0690. The van der Waals surface area contributed by atoms with Gasteiger partial charge >= 0.3 is 5.97 Å². The van der Waals surface area contributed by atoms with Crippen molar-refractivity contribution >= 4 is 36.3 Å². The van der Waals surface area contributed by atoms with Gasteiger partial charge in [-0.15, -0.1) is 11.8 Å². The van der Waals surface area contributed by atoms with Gasteiger partial charge < -0.3 is 10.0 Å². The van der Waals surface area contributed by atoms with Crippen molar-refractivity contribution in [3.05, 3.63) is 35.9 Å². The van der Waals surface area contributed by atoms with Gasteiger partial charge in [-0.25, -0.2) is 4.79 Å². The van der Waals surface area contributed by atoms with Crippen molar-refractivity contribution in [2.45, 2.75) is 25.3 Å². The number of carboxylic acid groups (broad SMARTS) is 1. The fourth-order valence-electron chi connectivity index (χ4n) is 2.59. The molecule has 0 saturated carbocycles. The first kappa shape index (κ1) is 17.2. The molecule has 1 aromatic rings. The van der Waals surface area contributed by atoms with Crippen LogP contribution in [0.4, 0.5) is 0 Å². The number of hydrogen-bond donors (Lipinski definition) is 2. The molecule has 1 heterocycles. The van der Waals surface area contributed by atoms with Crippen LogP contribution >= 0.6 is 24.4 Å². The van der Waals surface area contributed by atoms with Gasteiger partial charge in [-0.05, 0) is 24.8 Å². The Balaban J connectivity index is 1.87. The Morgan fingerprint density at radius 3 is 2.73 bits per heavy atom. The van der Waals surface area contributed by atoms with Crippen LogP contribution in [-0.4, -0.2) is 45.3 Å². The molecule has 0 bridgehead atoms. The predicted molar refractivity (Wildman–Crippen MR) is 92.3 cm³/mol. The summed E-state index contributed by atoms with van der Waals surface area (Å²) in [5.74, 6) is 0.221. The number of rotatable bonds is 7. The summed E-state index contributed by atoms with van der Waals surface area (Å²) >= 11 is 5.78. The first-order valence-electron chi connectivity index (χ1n) is 7.39. The lowest BCUT2D eigenvalue weighted by Crippen LogP contribution is -2.45. The van der Waals surface area contributed by atoms with Gasteiger partial charge in [-0.3, -0.25) is 4.79 Å².